The Morgan fingerprint density at radius 1 is 1.31 bits per heavy atom. The number of aromatic nitrogens is 1. The summed E-state index contributed by atoms with van der Waals surface area (Å²) in [6.07, 6.45) is 5.10. The molecule has 170 valence electrons. The predicted octanol–water partition coefficient (Wildman–Crippen LogP) is 3.68. The molecule has 1 aliphatic heterocycles. The number of nitriles is 1. The quantitative estimate of drug-likeness (QED) is 0.596. The molecule has 2 aromatic rings. The first-order valence-electron chi connectivity index (χ1n) is 10.7. The Morgan fingerprint density at radius 2 is 2.12 bits per heavy atom. The molecule has 3 rings (SSSR count). The van der Waals surface area contributed by atoms with Gasteiger partial charge in [0.15, 0.2) is 0 Å². The van der Waals surface area contributed by atoms with E-state index in [1.165, 1.54) is 12.3 Å². The van der Waals surface area contributed by atoms with Gasteiger partial charge in [-0.05, 0) is 30.7 Å². The largest absolute Gasteiger partial charge is 0.494 e. The van der Waals surface area contributed by atoms with Crippen molar-refractivity contribution in [3.05, 3.63) is 36.0 Å². The van der Waals surface area contributed by atoms with E-state index in [-0.39, 0.29) is 0 Å². The van der Waals surface area contributed by atoms with Crippen molar-refractivity contribution >= 4 is 22.7 Å². The van der Waals surface area contributed by atoms with E-state index < -0.39 is 43.3 Å². The third-order valence-corrected chi connectivity index (χ3v) is 5.36. The van der Waals surface area contributed by atoms with Crippen LogP contribution in [0.5, 0.6) is 5.75 Å². The average Bonchev–Trinajstić information content (AvgIpc) is 3.11. The van der Waals surface area contributed by atoms with E-state index in [4.69, 9.17) is 10.00 Å². The summed E-state index contributed by atoms with van der Waals surface area (Å²) in [7, 11) is 0. The first-order chi connectivity index (χ1) is 15.3. The molecule has 1 saturated heterocycles. The molecule has 1 N–H and O–H groups in total. The van der Waals surface area contributed by atoms with Crippen molar-refractivity contribution in [3.63, 3.8) is 0 Å². The number of rotatable bonds is 9. The molecule has 0 radical (unpaired) electrons. The fourth-order valence-electron chi connectivity index (χ4n) is 3.68. The van der Waals surface area contributed by atoms with Crippen LogP contribution in [0.1, 0.15) is 49.4 Å². The number of alkyl halides is 2. The normalized spacial score (nSPS) is 17.2. The van der Waals surface area contributed by atoms with Gasteiger partial charge in [0.2, 0.25) is 5.91 Å². The predicted molar refractivity (Wildman–Crippen MR) is 114 cm³/mol. The van der Waals surface area contributed by atoms with Crippen molar-refractivity contribution in [1.82, 2.24) is 15.2 Å². The zero-order valence-corrected chi connectivity index (χ0v) is 17.9. The van der Waals surface area contributed by atoms with E-state index in [1.807, 2.05) is 0 Å². The molecule has 32 heavy (non-hydrogen) atoms. The van der Waals surface area contributed by atoms with E-state index in [0.717, 1.165) is 30.6 Å². The van der Waals surface area contributed by atoms with Crippen LogP contribution in [0.3, 0.4) is 0 Å². The smallest absolute Gasteiger partial charge is 0.268 e. The second kappa shape index (κ2) is 10.4. The molecule has 0 bridgehead atoms. The topological polar surface area (TPSA) is 95.3 Å². The van der Waals surface area contributed by atoms with Crippen molar-refractivity contribution in [1.29, 1.82) is 5.26 Å². The number of likely N-dealkylation sites (tertiary alicyclic amines) is 1. The maximum absolute atomic E-state index is 13.6. The lowest BCUT2D eigenvalue weighted by molar-refractivity contribution is -0.131. The van der Waals surface area contributed by atoms with Gasteiger partial charge < -0.3 is 15.0 Å². The Kier molecular flexibility index (Phi) is 7.57. The SMILES string of the molecule is CCCCCCOc1ccc2nccc(C(=O)NCC(=O)N3CC(F)(F)C[C@H]3C#N)c2c1. The summed E-state index contributed by atoms with van der Waals surface area (Å²) < 4.78 is 32.9. The Balaban J connectivity index is 1.66. The first kappa shape index (κ1) is 23.4. The number of nitrogens with zero attached hydrogens (tertiary/aromatic N) is 3. The van der Waals surface area contributed by atoms with Gasteiger partial charge in [-0.1, -0.05) is 26.2 Å². The van der Waals surface area contributed by atoms with Gasteiger partial charge in [-0.3, -0.25) is 14.6 Å². The second-order valence-corrected chi connectivity index (χ2v) is 7.86. The van der Waals surface area contributed by atoms with Crippen LogP contribution in [-0.2, 0) is 4.79 Å². The minimum Gasteiger partial charge on any atom is -0.494 e. The molecule has 1 aliphatic rings. The van der Waals surface area contributed by atoms with Crippen LogP contribution in [0.2, 0.25) is 0 Å². The van der Waals surface area contributed by atoms with Crippen LogP contribution in [0.25, 0.3) is 10.9 Å². The van der Waals surface area contributed by atoms with Crippen LogP contribution < -0.4 is 10.1 Å². The highest BCUT2D eigenvalue weighted by Crippen LogP contribution is 2.31. The minimum atomic E-state index is -3.10. The first-order valence-corrected chi connectivity index (χ1v) is 10.7. The van der Waals surface area contributed by atoms with Gasteiger partial charge in [0.05, 0.1) is 36.8 Å². The number of hydrogen-bond donors (Lipinski definition) is 1. The lowest BCUT2D eigenvalue weighted by atomic mass is 10.1. The van der Waals surface area contributed by atoms with E-state index in [2.05, 4.69) is 17.2 Å². The van der Waals surface area contributed by atoms with E-state index >= 15 is 0 Å². The van der Waals surface area contributed by atoms with Gasteiger partial charge in [0, 0.05) is 18.0 Å². The third kappa shape index (κ3) is 5.69. The van der Waals surface area contributed by atoms with Gasteiger partial charge in [-0.15, -0.1) is 0 Å². The number of carbonyl (C=O) groups excluding carboxylic acids is 2. The molecule has 2 amide bonds. The number of halogens is 2. The molecular weight excluding hydrogens is 418 g/mol. The van der Waals surface area contributed by atoms with Crippen LogP contribution in [0.15, 0.2) is 30.5 Å². The Hall–Kier alpha value is -3.28. The molecule has 0 spiro atoms. The number of amides is 2. The number of unbranched alkanes of at least 4 members (excludes halogenated alkanes) is 3. The molecule has 0 saturated carbocycles. The average molecular weight is 444 g/mol. The number of pyridine rings is 1. The van der Waals surface area contributed by atoms with Crippen molar-refractivity contribution in [3.8, 4) is 11.8 Å². The molecule has 1 aromatic carbocycles. The number of benzene rings is 1. The fraction of sp³-hybridized carbons (Fsp3) is 0.478. The van der Waals surface area contributed by atoms with Crippen LogP contribution >= 0.6 is 0 Å². The summed E-state index contributed by atoms with van der Waals surface area (Å²) in [4.78, 5) is 30.1. The highest BCUT2D eigenvalue weighted by molar-refractivity contribution is 6.07. The molecule has 1 fully saturated rings. The van der Waals surface area contributed by atoms with Gasteiger partial charge in [-0.2, -0.15) is 5.26 Å². The summed E-state index contributed by atoms with van der Waals surface area (Å²) in [5, 5.41) is 12.1. The van der Waals surface area contributed by atoms with Crippen LogP contribution in [0, 0.1) is 11.3 Å². The highest BCUT2D eigenvalue weighted by Gasteiger charge is 2.47. The summed E-state index contributed by atoms with van der Waals surface area (Å²) in [5.74, 6) is -3.75. The number of hydrogen-bond acceptors (Lipinski definition) is 5. The molecule has 0 aliphatic carbocycles. The maximum atomic E-state index is 13.6. The van der Waals surface area contributed by atoms with Gasteiger partial charge in [-0.25, -0.2) is 8.78 Å². The molecule has 9 heteroatoms. The number of ether oxygens (including phenoxy) is 1. The lowest BCUT2D eigenvalue weighted by Gasteiger charge is -2.19. The fourth-order valence-corrected chi connectivity index (χ4v) is 3.68. The molecule has 7 nitrogen and oxygen atoms in total. The van der Waals surface area contributed by atoms with Crippen molar-refractivity contribution in [2.24, 2.45) is 0 Å². The Bertz CT molecular complexity index is 1020. The summed E-state index contributed by atoms with van der Waals surface area (Å²) >= 11 is 0. The van der Waals surface area contributed by atoms with Crippen molar-refractivity contribution in [2.75, 3.05) is 19.7 Å². The van der Waals surface area contributed by atoms with Gasteiger partial charge in [0.25, 0.3) is 11.8 Å². The van der Waals surface area contributed by atoms with Crippen molar-refractivity contribution in [2.45, 2.75) is 51.0 Å². The van der Waals surface area contributed by atoms with E-state index in [1.54, 1.807) is 24.3 Å². The van der Waals surface area contributed by atoms with E-state index in [9.17, 15) is 18.4 Å². The number of nitrogens with one attached hydrogen (secondary N) is 1. The van der Waals surface area contributed by atoms with E-state index in [0.29, 0.717) is 28.8 Å². The number of fused-ring (bicyclic) bond motifs is 1. The highest BCUT2D eigenvalue weighted by atomic mass is 19.3. The molecule has 1 atom stereocenters. The molecule has 0 unspecified atom stereocenters. The molecule has 1 aromatic heterocycles. The second-order valence-electron chi connectivity index (χ2n) is 7.86. The standard InChI is InChI=1S/C23H26F2N4O3/c1-2-3-4-5-10-32-17-6-7-20-19(11-17)18(8-9-27-20)22(31)28-14-21(30)29-15-23(24,25)12-16(29)13-26/h6-9,11,16H,2-5,10,12,14-15H2,1H3,(H,28,31)/t16-/m0/s1. The molecule has 2 heterocycles. The monoisotopic (exact) mass is 444 g/mol. The number of carbonyl (C=O) groups is 2. The Labute approximate surface area is 185 Å². The maximum Gasteiger partial charge on any atom is 0.268 e. The zero-order valence-electron chi connectivity index (χ0n) is 17.9. The summed E-state index contributed by atoms with van der Waals surface area (Å²) in [5.41, 5.74) is 0.883. The third-order valence-electron chi connectivity index (χ3n) is 5.36. The lowest BCUT2D eigenvalue weighted by Crippen LogP contribution is -2.43. The van der Waals surface area contributed by atoms with Crippen LogP contribution in [-0.4, -0.2) is 53.4 Å². The van der Waals surface area contributed by atoms with Crippen LogP contribution in [0.4, 0.5) is 8.78 Å². The van der Waals surface area contributed by atoms with Crippen molar-refractivity contribution < 1.29 is 23.1 Å². The summed E-state index contributed by atoms with van der Waals surface area (Å²) in [6.45, 7) is 1.41. The molecular formula is C23H26F2N4O3. The van der Waals surface area contributed by atoms with Gasteiger partial charge in [0.1, 0.15) is 11.8 Å². The Morgan fingerprint density at radius 3 is 2.88 bits per heavy atom. The minimum absolute atomic E-state index is 0.294. The van der Waals surface area contributed by atoms with Gasteiger partial charge >= 0.3 is 0 Å². The summed E-state index contributed by atoms with van der Waals surface area (Å²) in [6, 6.07) is 7.31. The zero-order chi connectivity index (χ0) is 23.1.